The Morgan fingerprint density at radius 1 is 0.891 bits per heavy atom. The molecule has 2 heterocycles. The third-order valence-corrected chi connectivity index (χ3v) is 8.86. The van der Waals surface area contributed by atoms with Crippen molar-refractivity contribution < 1.29 is 19.4 Å². The number of aryl methyl sites for hydroxylation is 1. The van der Waals surface area contributed by atoms with Gasteiger partial charge >= 0.3 is 0 Å². The summed E-state index contributed by atoms with van der Waals surface area (Å²) in [6.07, 6.45) is 3.18. The van der Waals surface area contributed by atoms with Crippen LogP contribution in [-0.2, 0) is 9.53 Å². The number of benzene rings is 4. The molecule has 232 valence electrons. The lowest BCUT2D eigenvalue weighted by Crippen LogP contribution is -2.29. The lowest BCUT2D eigenvalue weighted by Gasteiger charge is -2.33. The maximum absolute atomic E-state index is 13.7. The molecule has 46 heavy (non-hydrogen) atoms. The van der Waals surface area contributed by atoms with Crippen LogP contribution in [0.15, 0.2) is 108 Å². The zero-order valence-electron chi connectivity index (χ0n) is 26.7. The Morgan fingerprint density at radius 2 is 1.54 bits per heavy atom. The molecule has 0 aromatic heterocycles. The maximum Gasteiger partial charge on any atom is 0.219 e. The average Bonchev–Trinajstić information content (AvgIpc) is 3.82. The minimum absolute atomic E-state index is 0.0373. The second-order valence-corrected chi connectivity index (χ2v) is 12.8. The van der Waals surface area contributed by atoms with Crippen LogP contribution in [-0.4, -0.2) is 42.5 Å². The number of rotatable bonds is 10. The predicted octanol–water partition coefficient (Wildman–Crippen LogP) is 8.57. The van der Waals surface area contributed by atoms with Crippen LogP contribution in [0.25, 0.3) is 11.1 Å². The third-order valence-electron chi connectivity index (χ3n) is 8.86. The highest BCUT2D eigenvalue weighted by atomic mass is 16.6. The Bertz CT molecular complexity index is 1880. The standard InChI is InChI=1S/C40H38N2O4/c1-25(2)21-27(4)42(30-13-9-26(3)10-14-30)31-15-11-28(12-16-31)37-39(43)38(40(37)44)35-22-41(36-8-6-5-7-34(35)36)29-17-19-32(20-18-29)45-23-33-24-46-33/h5-20,22,25,27,33H,21,23-24H2,1-4H3/p+1. The number of allylic oxidation sites excluding steroid dienone is 3. The summed E-state index contributed by atoms with van der Waals surface area (Å²) in [4.78, 5) is 16.1. The highest BCUT2D eigenvalue weighted by Crippen LogP contribution is 2.44. The normalized spacial score (nSPS) is 19.1. The van der Waals surface area contributed by atoms with Crippen LogP contribution in [0.1, 0.15) is 43.9 Å². The van der Waals surface area contributed by atoms with Gasteiger partial charge in [-0.3, -0.25) is 4.79 Å². The zero-order valence-corrected chi connectivity index (χ0v) is 26.7. The molecule has 2 atom stereocenters. The van der Waals surface area contributed by atoms with Crippen LogP contribution in [0, 0.1) is 12.8 Å². The van der Waals surface area contributed by atoms with E-state index in [4.69, 9.17) is 9.47 Å². The first kappa shape index (κ1) is 29.8. The van der Waals surface area contributed by atoms with E-state index in [0.717, 1.165) is 52.7 Å². The van der Waals surface area contributed by atoms with Gasteiger partial charge in [0.1, 0.15) is 24.2 Å². The minimum atomic E-state index is -0.150. The van der Waals surface area contributed by atoms with Crippen molar-refractivity contribution in [3.63, 3.8) is 0 Å². The number of aliphatic hydroxyl groups excluding tert-OH is 1. The van der Waals surface area contributed by atoms with Crippen LogP contribution in [0.2, 0.25) is 0 Å². The number of ketones is 1. The summed E-state index contributed by atoms with van der Waals surface area (Å²) >= 11 is 0. The fourth-order valence-electron chi connectivity index (χ4n) is 6.51. The maximum atomic E-state index is 13.7. The fraction of sp³-hybridized carbons (Fsp3) is 0.250. The van der Waals surface area contributed by atoms with Gasteiger partial charge in [-0.05, 0) is 74.2 Å². The Labute approximate surface area is 270 Å². The summed E-state index contributed by atoms with van der Waals surface area (Å²) in [5.74, 6) is 1.22. The molecule has 0 amide bonds. The summed E-state index contributed by atoms with van der Waals surface area (Å²) in [5.41, 5.74) is 8.35. The molecule has 0 bridgehead atoms. The second kappa shape index (κ2) is 12.1. The van der Waals surface area contributed by atoms with Gasteiger partial charge in [0.25, 0.3) is 0 Å². The van der Waals surface area contributed by atoms with Gasteiger partial charge in [-0.15, -0.1) is 0 Å². The molecular weight excluding hydrogens is 572 g/mol. The van der Waals surface area contributed by atoms with E-state index >= 15 is 0 Å². The molecule has 2 aliphatic heterocycles. The molecule has 1 aliphatic carbocycles. The van der Waals surface area contributed by atoms with E-state index in [-0.39, 0.29) is 23.7 Å². The van der Waals surface area contributed by atoms with E-state index in [1.807, 2.05) is 66.9 Å². The quantitative estimate of drug-likeness (QED) is 0.111. The number of nitrogens with zero attached hydrogens (tertiary/aromatic N) is 2. The van der Waals surface area contributed by atoms with Gasteiger partial charge in [0.05, 0.1) is 28.9 Å². The number of aliphatic hydroxyl groups is 1. The molecule has 6 heteroatoms. The van der Waals surface area contributed by atoms with Crippen LogP contribution in [0.4, 0.5) is 22.7 Å². The Kier molecular flexibility index (Phi) is 7.83. The van der Waals surface area contributed by atoms with Crippen molar-refractivity contribution in [1.29, 1.82) is 0 Å². The Hall–Kier alpha value is -4.94. The molecule has 0 radical (unpaired) electrons. The van der Waals surface area contributed by atoms with E-state index in [0.29, 0.717) is 29.2 Å². The number of ether oxygens (including phenoxy) is 2. The topological polar surface area (TPSA) is 65.3 Å². The lowest BCUT2D eigenvalue weighted by molar-refractivity contribution is -0.111. The van der Waals surface area contributed by atoms with Crippen molar-refractivity contribution in [1.82, 2.24) is 4.58 Å². The van der Waals surface area contributed by atoms with Gasteiger partial charge < -0.3 is 19.5 Å². The van der Waals surface area contributed by atoms with Gasteiger partial charge in [-0.2, -0.15) is 4.58 Å². The van der Waals surface area contributed by atoms with Crippen molar-refractivity contribution >= 4 is 45.9 Å². The Balaban J connectivity index is 1.19. The number of para-hydroxylation sites is 1. The molecule has 4 aromatic carbocycles. The minimum Gasteiger partial charge on any atom is -0.506 e. The monoisotopic (exact) mass is 611 g/mol. The first-order chi connectivity index (χ1) is 22.3. The van der Waals surface area contributed by atoms with Gasteiger partial charge in [0, 0.05) is 35.6 Å². The smallest absolute Gasteiger partial charge is 0.219 e. The number of hydrogen-bond acceptors (Lipinski definition) is 5. The first-order valence-corrected chi connectivity index (χ1v) is 16.1. The molecule has 1 N–H and O–H groups in total. The van der Waals surface area contributed by atoms with Crippen molar-refractivity contribution in [3.05, 3.63) is 125 Å². The SMILES string of the molecule is Cc1ccc(N(c2ccc(C3=C(O)/C(=C4/C=[N+](c5ccc(OCC6CO6)cc5)c5ccccc54)C3=O)cc2)C(C)CC(C)C)cc1. The van der Waals surface area contributed by atoms with E-state index in [1.165, 1.54) is 5.56 Å². The summed E-state index contributed by atoms with van der Waals surface area (Å²) in [7, 11) is 0. The average molecular weight is 612 g/mol. The highest BCUT2D eigenvalue weighted by molar-refractivity contribution is 6.44. The molecule has 3 aliphatic rings. The molecule has 0 saturated carbocycles. The predicted molar refractivity (Wildman–Crippen MR) is 186 cm³/mol. The molecule has 4 aromatic rings. The lowest BCUT2D eigenvalue weighted by atomic mass is 9.80. The molecule has 1 fully saturated rings. The number of epoxide rings is 1. The largest absolute Gasteiger partial charge is 0.506 e. The third kappa shape index (κ3) is 5.65. The van der Waals surface area contributed by atoms with Gasteiger partial charge in [0.2, 0.25) is 17.2 Å². The Morgan fingerprint density at radius 3 is 2.17 bits per heavy atom. The fourth-order valence-corrected chi connectivity index (χ4v) is 6.51. The number of anilines is 2. The van der Waals surface area contributed by atoms with Crippen LogP contribution >= 0.6 is 0 Å². The summed E-state index contributed by atoms with van der Waals surface area (Å²) in [6.45, 7) is 10.1. The number of hydrogen-bond donors (Lipinski definition) is 1. The van der Waals surface area contributed by atoms with Crippen molar-refractivity contribution in [2.24, 2.45) is 5.92 Å². The number of Topliss-reactive ketones (excluding diaryl/α,β-unsaturated/α-hetero) is 1. The van der Waals surface area contributed by atoms with Crippen molar-refractivity contribution in [2.75, 3.05) is 18.1 Å². The van der Waals surface area contributed by atoms with E-state index < -0.39 is 0 Å². The van der Waals surface area contributed by atoms with E-state index in [9.17, 15) is 9.90 Å². The highest BCUT2D eigenvalue weighted by Gasteiger charge is 2.41. The molecular formula is C40H39N2O4+. The van der Waals surface area contributed by atoms with E-state index in [1.54, 1.807) is 0 Å². The molecule has 0 spiro atoms. The summed E-state index contributed by atoms with van der Waals surface area (Å²) in [6, 6.07) is 32.7. The zero-order chi connectivity index (χ0) is 31.9. The van der Waals surface area contributed by atoms with Crippen molar-refractivity contribution in [2.45, 2.75) is 46.3 Å². The molecule has 2 unspecified atom stereocenters. The van der Waals surface area contributed by atoms with Crippen LogP contribution < -0.4 is 14.2 Å². The van der Waals surface area contributed by atoms with Gasteiger partial charge in [-0.25, -0.2) is 0 Å². The number of carbonyl (C=O) groups excluding carboxylic acids is 1. The molecule has 7 rings (SSSR count). The summed E-state index contributed by atoms with van der Waals surface area (Å²) < 4.78 is 13.1. The van der Waals surface area contributed by atoms with Crippen LogP contribution in [0.5, 0.6) is 5.75 Å². The summed E-state index contributed by atoms with van der Waals surface area (Å²) in [5, 5.41) is 11.4. The molecule has 6 nitrogen and oxygen atoms in total. The van der Waals surface area contributed by atoms with Crippen molar-refractivity contribution in [3.8, 4) is 5.75 Å². The van der Waals surface area contributed by atoms with Gasteiger partial charge in [-0.1, -0.05) is 55.8 Å². The van der Waals surface area contributed by atoms with Gasteiger partial charge in [0.15, 0.2) is 6.21 Å². The molecule has 1 saturated heterocycles. The second-order valence-electron chi connectivity index (χ2n) is 12.8. The number of fused-ring (bicyclic) bond motifs is 1. The first-order valence-electron chi connectivity index (χ1n) is 16.1. The van der Waals surface area contributed by atoms with Crippen LogP contribution in [0.3, 0.4) is 0 Å². The number of carbonyl (C=O) groups is 1. The van der Waals surface area contributed by atoms with E-state index in [2.05, 4.69) is 73.6 Å².